The maximum Gasteiger partial charge on any atom is 0.0218 e. The Balaban J connectivity index is 1.77. The van der Waals surface area contributed by atoms with Crippen LogP contribution in [-0.2, 0) is 6.42 Å². The predicted molar refractivity (Wildman–Crippen MR) is 77.6 cm³/mol. The molecule has 1 aromatic carbocycles. The summed E-state index contributed by atoms with van der Waals surface area (Å²) in [4.78, 5) is 2.48. The zero-order valence-electron chi connectivity index (χ0n) is 11.5. The van der Waals surface area contributed by atoms with Crippen LogP contribution in [0.5, 0.6) is 0 Å². The van der Waals surface area contributed by atoms with Crippen LogP contribution in [0.3, 0.4) is 0 Å². The van der Waals surface area contributed by atoms with Gasteiger partial charge in [0.2, 0.25) is 0 Å². The second-order valence-electron chi connectivity index (χ2n) is 5.65. The number of nitrogens with zero attached hydrogens (tertiary/aromatic N) is 1. The molecule has 0 aromatic heterocycles. The smallest absolute Gasteiger partial charge is 0.0218 e. The third-order valence-electron chi connectivity index (χ3n) is 4.28. The van der Waals surface area contributed by atoms with Gasteiger partial charge in [0, 0.05) is 19.1 Å². The molecular formula is C16H26N2. The number of likely N-dealkylation sites (N-methyl/N-ethyl adjacent to an activating group) is 1. The summed E-state index contributed by atoms with van der Waals surface area (Å²) in [5.74, 6) is 0.931. The molecule has 1 atom stereocenters. The molecule has 1 aliphatic rings. The molecule has 0 saturated heterocycles. The molecule has 0 spiro atoms. The third-order valence-corrected chi connectivity index (χ3v) is 4.28. The zero-order valence-corrected chi connectivity index (χ0v) is 11.5. The lowest BCUT2D eigenvalue weighted by molar-refractivity contribution is 0.159. The van der Waals surface area contributed by atoms with Crippen molar-refractivity contribution in [2.24, 2.45) is 11.7 Å². The standard InChI is InChI=1S/C16H26N2/c1-18(13-15-8-5-9-15)16(12-17)11-10-14-6-3-2-4-7-14/h2-4,6-7,15-16H,5,8-13,17H2,1H3. The van der Waals surface area contributed by atoms with E-state index in [1.807, 2.05) is 0 Å². The van der Waals surface area contributed by atoms with E-state index in [0.29, 0.717) is 6.04 Å². The molecule has 2 rings (SSSR count). The molecule has 1 unspecified atom stereocenters. The second-order valence-corrected chi connectivity index (χ2v) is 5.65. The summed E-state index contributed by atoms with van der Waals surface area (Å²) < 4.78 is 0. The molecule has 2 nitrogen and oxygen atoms in total. The first kappa shape index (κ1) is 13.6. The van der Waals surface area contributed by atoms with E-state index in [1.54, 1.807) is 0 Å². The van der Waals surface area contributed by atoms with E-state index in [4.69, 9.17) is 5.73 Å². The number of nitrogens with two attached hydrogens (primary N) is 1. The normalized spacial score (nSPS) is 17.7. The Kier molecular flexibility index (Phi) is 5.21. The molecule has 100 valence electrons. The number of hydrogen-bond acceptors (Lipinski definition) is 2. The first-order valence-corrected chi connectivity index (χ1v) is 7.24. The maximum absolute atomic E-state index is 5.93. The van der Waals surface area contributed by atoms with Crippen LogP contribution in [0.1, 0.15) is 31.2 Å². The van der Waals surface area contributed by atoms with E-state index in [0.717, 1.165) is 18.9 Å². The lowest BCUT2D eigenvalue weighted by Crippen LogP contribution is -2.42. The predicted octanol–water partition coefficient (Wildman–Crippen LogP) is 2.68. The Hall–Kier alpha value is -0.860. The number of rotatable bonds is 7. The maximum atomic E-state index is 5.93. The molecule has 0 aliphatic heterocycles. The fourth-order valence-electron chi connectivity index (χ4n) is 2.73. The average molecular weight is 246 g/mol. The molecule has 0 radical (unpaired) electrons. The van der Waals surface area contributed by atoms with Gasteiger partial charge >= 0.3 is 0 Å². The molecule has 0 bridgehead atoms. The van der Waals surface area contributed by atoms with Gasteiger partial charge in [-0.25, -0.2) is 0 Å². The molecule has 1 saturated carbocycles. The molecular weight excluding hydrogens is 220 g/mol. The van der Waals surface area contributed by atoms with E-state index in [1.165, 1.54) is 37.8 Å². The van der Waals surface area contributed by atoms with Crippen molar-refractivity contribution in [3.63, 3.8) is 0 Å². The van der Waals surface area contributed by atoms with Crippen molar-refractivity contribution in [3.8, 4) is 0 Å². The first-order valence-electron chi connectivity index (χ1n) is 7.24. The minimum atomic E-state index is 0.533. The van der Waals surface area contributed by atoms with Crippen molar-refractivity contribution in [3.05, 3.63) is 35.9 Å². The van der Waals surface area contributed by atoms with Gasteiger partial charge in [-0.15, -0.1) is 0 Å². The lowest BCUT2D eigenvalue weighted by atomic mass is 9.85. The number of benzene rings is 1. The fraction of sp³-hybridized carbons (Fsp3) is 0.625. The van der Waals surface area contributed by atoms with E-state index in [2.05, 4.69) is 42.3 Å². The summed E-state index contributed by atoms with van der Waals surface area (Å²) in [6, 6.07) is 11.3. The van der Waals surface area contributed by atoms with Gasteiger partial charge in [0.05, 0.1) is 0 Å². The highest BCUT2D eigenvalue weighted by Gasteiger charge is 2.22. The molecule has 0 heterocycles. The van der Waals surface area contributed by atoms with E-state index in [9.17, 15) is 0 Å². The molecule has 2 N–H and O–H groups in total. The molecule has 1 aromatic rings. The van der Waals surface area contributed by atoms with Crippen LogP contribution >= 0.6 is 0 Å². The van der Waals surface area contributed by atoms with Gasteiger partial charge in [-0.1, -0.05) is 36.8 Å². The van der Waals surface area contributed by atoms with Crippen molar-refractivity contribution in [1.82, 2.24) is 4.90 Å². The second kappa shape index (κ2) is 6.91. The Morgan fingerprint density at radius 2 is 2.00 bits per heavy atom. The van der Waals surface area contributed by atoms with Gasteiger partial charge in [-0.3, -0.25) is 0 Å². The monoisotopic (exact) mass is 246 g/mol. The Labute approximate surface area is 111 Å². The summed E-state index contributed by atoms with van der Waals surface area (Å²) in [7, 11) is 2.24. The highest BCUT2D eigenvalue weighted by molar-refractivity contribution is 5.14. The molecule has 2 heteroatoms. The van der Waals surface area contributed by atoms with Gasteiger partial charge in [0.1, 0.15) is 0 Å². The van der Waals surface area contributed by atoms with Crippen molar-refractivity contribution < 1.29 is 0 Å². The van der Waals surface area contributed by atoms with Gasteiger partial charge in [-0.2, -0.15) is 0 Å². The quantitative estimate of drug-likeness (QED) is 0.801. The van der Waals surface area contributed by atoms with Crippen LogP contribution in [0.2, 0.25) is 0 Å². The average Bonchev–Trinajstić information content (AvgIpc) is 2.36. The fourth-order valence-corrected chi connectivity index (χ4v) is 2.73. The van der Waals surface area contributed by atoms with Crippen LogP contribution < -0.4 is 5.73 Å². The lowest BCUT2D eigenvalue weighted by Gasteiger charge is -2.34. The Bertz CT molecular complexity index is 332. The van der Waals surface area contributed by atoms with Gasteiger partial charge < -0.3 is 10.6 Å². The van der Waals surface area contributed by atoms with Gasteiger partial charge in [0.15, 0.2) is 0 Å². The highest BCUT2D eigenvalue weighted by Crippen LogP contribution is 2.27. The molecule has 1 aliphatic carbocycles. The summed E-state index contributed by atoms with van der Waals surface area (Å²) in [6.07, 6.45) is 6.57. The number of aryl methyl sites for hydroxylation is 1. The van der Waals surface area contributed by atoms with Gasteiger partial charge in [-0.05, 0) is 44.2 Å². The summed E-state index contributed by atoms with van der Waals surface area (Å²) in [5, 5.41) is 0. The highest BCUT2D eigenvalue weighted by atomic mass is 15.1. The van der Waals surface area contributed by atoms with Crippen LogP contribution in [0, 0.1) is 5.92 Å². The van der Waals surface area contributed by atoms with Gasteiger partial charge in [0.25, 0.3) is 0 Å². The minimum Gasteiger partial charge on any atom is -0.329 e. The zero-order chi connectivity index (χ0) is 12.8. The Morgan fingerprint density at radius 3 is 2.56 bits per heavy atom. The van der Waals surface area contributed by atoms with Crippen LogP contribution in [0.25, 0.3) is 0 Å². The molecule has 0 amide bonds. The number of hydrogen-bond donors (Lipinski definition) is 1. The van der Waals surface area contributed by atoms with Crippen molar-refractivity contribution in [1.29, 1.82) is 0 Å². The first-order chi connectivity index (χ1) is 8.79. The third kappa shape index (κ3) is 3.82. The summed E-state index contributed by atoms with van der Waals surface area (Å²) in [5.41, 5.74) is 7.36. The van der Waals surface area contributed by atoms with Crippen molar-refractivity contribution in [2.75, 3.05) is 20.1 Å². The van der Waals surface area contributed by atoms with E-state index < -0.39 is 0 Å². The van der Waals surface area contributed by atoms with Crippen LogP contribution in [0.15, 0.2) is 30.3 Å². The topological polar surface area (TPSA) is 29.3 Å². The van der Waals surface area contributed by atoms with Crippen molar-refractivity contribution in [2.45, 2.75) is 38.1 Å². The largest absolute Gasteiger partial charge is 0.329 e. The van der Waals surface area contributed by atoms with E-state index in [-0.39, 0.29) is 0 Å². The van der Waals surface area contributed by atoms with Crippen molar-refractivity contribution >= 4 is 0 Å². The molecule has 1 fully saturated rings. The summed E-state index contributed by atoms with van der Waals surface area (Å²) >= 11 is 0. The molecule has 18 heavy (non-hydrogen) atoms. The van der Waals surface area contributed by atoms with Crippen LogP contribution in [-0.4, -0.2) is 31.1 Å². The SMILES string of the molecule is CN(CC1CCC1)C(CN)CCc1ccccc1. The Morgan fingerprint density at radius 1 is 1.28 bits per heavy atom. The van der Waals surface area contributed by atoms with Crippen LogP contribution in [0.4, 0.5) is 0 Å². The van der Waals surface area contributed by atoms with E-state index >= 15 is 0 Å². The minimum absolute atomic E-state index is 0.533. The summed E-state index contributed by atoms with van der Waals surface area (Å²) in [6.45, 7) is 2.01.